The van der Waals surface area contributed by atoms with Gasteiger partial charge in [-0.25, -0.2) is 8.42 Å². The van der Waals surface area contributed by atoms with Crippen LogP contribution >= 0.6 is 11.6 Å². The van der Waals surface area contributed by atoms with Gasteiger partial charge in [-0.15, -0.1) is 0 Å². The highest BCUT2D eigenvalue weighted by Gasteiger charge is 2.23. The number of rotatable bonds is 3. The maximum atomic E-state index is 11.3. The van der Waals surface area contributed by atoms with Crippen LogP contribution in [0.2, 0.25) is 5.02 Å². The third kappa shape index (κ3) is 3.68. The van der Waals surface area contributed by atoms with Gasteiger partial charge < -0.3 is 5.11 Å². The smallest absolute Gasteiger partial charge is 0.152 e. The normalized spacial score (nSPS) is 21.7. The van der Waals surface area contributed by atoms with Crippen molar-refractivity contribution < 1.29 is 13.5 Å². The molecule has 18 heavy (non-hydrogen) atoms. The van der Waals surface area contributed by atoms with Crippen LogP contribution in [0.25, 0.3) is 0 Å². The first-order chi connectivity index (χ1) is 8.46. The second kappa shape index (κ2) is 5.57. The predicted octanol–water partition coefficient (Wildman–Crippen LogP) is 1.10. The maximum Gasteiger partial charge on any atom is 0.152 e. The van der Waals surface area contributed by atoms with Crippen LogP contribution in [-0.2, 0) is 9.84 Å². The Hall–Kier alpha value is -0.620. The fourth-order valence-electron chi connectivity index (χ4n) is 2.00. The molecule has 0 aliphatic carbocycles. The van der Waals surface area contributed by atoms with E-state index in [4.69, 9.17) is 11.6 Å². The van der Waals surface area contributed by atoms with Crippen molar-refractivity contribution in [2.45, 2.75) is 6.10 Å². The lowest BCUT2D eigenvalue weighted by atomic mass is 10.1. The first-order valence-corrected chi connectivity index (χ1v) is 8.02. The number of sulfone groups is 1. The van der Waals surface area contributed by atoms with E-state index < -0.39 is 15.9 Å². The summed E-state index contributed by atoms with van der Waals surface area (Å²) in [6.07, 6.45) is -0.635. The molecule has 0 bridgehead atoms. The molecule has 6 heteroatoms. The Morgan fingerprint density at radius 1 is 1.33 bits per heavy atom. The summed E-state index contributed by atoms with van der Waals surface area (Å²) >= 11 is 5.87. The van der Waals surface area contributed by atoms with Crippen molar-refractivity contribution in [3.05, 3.63) is 34.9 Å². The highest BCUT2D eigenvalue weighted by molar-refractivity contribution is 7.91. The largest absolute Gasteiger partial charge is 0.387 e. The van der Waals surface area contributed by atoms with E-state index in [9.17, 15) is 13.5 Å². The molecule has 1 aromatic rings. The average molecular weight is 290 g/mol. The third-order valence-electron chi connectivity index (χ3n) is 3.10. The van der Waals surface area contributed by atoms with E-state index in [1.165, 1.54) is 0 Å². The molecule has 0 amide bonds. The highest BCUT2D eigenvalue weighted by Crippen LogP contribution is 2.19. The summed E-state index contributed by atoms with van der Waals surface area (Å²) < 4.78 is 22.6. The average Bonchev–Trinajstić information content (AvgIpc) is 2.32. The summed E-state index contributed by atoms with van der Waals surface area (Å²) in [6, 6.07) is 7.09. The van der Waals surface area contributed by atoms with E-state index in [0.29, 0.717) is 24.7 Å². The first kappa shape index (κ1) is 13.8. The van der Waals surface area contributed by atoms with Crippen LogP contribution in [0.15, 0.2) is 24.3 Å². The van der Waals surface area contributed by atoms with Gasteiger partial charge in [0.1, 0.15) is 0 Å². The molecule has 1 saturated heterocycles. The molecular weight excluding hydrogens is 274 g/mol. The van der Waals surface area contributed by atoms with E-state index in [1.54, 1.807) is 18.2 Å². The molecule has 100 valence electrons. The monoisotopic (exact) mass is 289 g/mol. The van der Waals surface area contributed by atoms with Gasteiger partial charge in [-0.3, -0.25) is 4.90 Å². The summed E-state index contributed by atoms with van der Waals surface area (Å²) in [7, 11) is -2.87. The summed E-state index contributed by atoms with van der Waals surface area (Å²) in [6.45, 7) is 1.41. The molecule has 1 N–H and O–H groups in total. The van der Waals surface area contributed by atoms with Gasteiger partial charge in [0.2, 0.25) is 0 Å². The van der Waals surface area contributed by atoms with Crippen LogP contribution in [0.5, 0.6) is 0 Å². The number of aliphatic hydroxyl groups is 1. The second-order valence-corrected chi connectivity index (χ2v) is 7.26. The Kier molecular flexibility index (Phi) is 4.27. The van der Waals surface area contributed by atoms with Crippen LogP contribution in [0.1, 0.15) is 11.7 Å². The number of hydrogen-bond acceptors (Lipinski definition) is 4. The molecule has 1 heterocycles. The van der Waals surface area contributed by atoms with Crippen LogP contribution in [-0.4, -0.2) is 49.6 Å². The van der Waals surface area contributed by atoms with Gasteiger partial charge in [-0.1, -0.05) is 23.7 Å². The molecule has 1 unspecified atom stereocenters. The summed E-state index contributed by atoms with van der Waals surface area (Å²) in [5.74, 6) is 0.352. The fourth-order valence-corrected chi connectivity index (χ4v) is 3.47. The number of β-amino-alcohol motifs (C(OH)–C–C–N with tert-alkyl or cyclic N) is 1. The number of aliphatic hydroxyl groups excluding tert-OH is 1. The molecule has 1 aliphatic rings. The Bertz CT molecular complexity index is 504. The van der Waals surface area contributed by atoms with Crippen molar-refractivity contribution in [3.63, 3.8) is 0 Å². The standard InChI is InChI=1S/C12H16ClNO3S/c13-11-3-1-2-10(8-11)12(15)9-14-4-6-18(16,17)7-5-14/h1-3,8,12,15H,4-7,9H2. The SMILES string of the molecule is O=S1(=O)CCN(CC(O)c2cccc(Cl)c2)CC1. The second-order valence-electron chi connectivity index (χ2n) is 4.52. The van der Waals surface area contributed by atoms with Crippen molar-refractivity contribution >= 4 is 21.4 Å². The number of benzene rings is 1. The minimum atomic E-state index is -2.87. The summed E-state index contributed by atoms with van der Waals surface area (Å²) in [5.41, 5.74) is 0.760. The van der Waals surface area contributed by atoms with E-state index >= 15 is 0 Å². The molecule has 1 aliphatic heterocycles. The number of halogens is 1. The quantitative estimate of drug-likeness (QED) is 0.905. The molecular formula is C12H16ClNO3S. The summed E-state index contributed by atoms with van der Waals surface area (Å²) in [5, 5.41) is 10.7. The molecule has 4 nitrogen and oxygen atoms in total. The van der Waals surface area contributed by atoms with Crippen molar-refractivity contribution in [1.82, 2.24) is 4.90 Å². The van der Waals surface area contributed by atoms with Crippen molar-refractivity contribution in [1.29, 1.82) is 0 Å². The molecule has 0 saturated carbocycles. The Morgan fingerprint density at radius 2 is 2.00 bits per heavy atom. The van der Waals surface area contributed by atoms with Gasteiger partial charge in [0.05, 0.1) is 17.6 Å². The van der Waals surface area contributed by atoms with Crippen LogP contribution in [0, 0.1) is 0 Å². The zero-order valence-electron chi connectivity index (χ0n) is 9.92. The predicted molar refractivity (Wildman–Crippen MR) is 71.5 cm³/mol. The molecule has 1 aromatic carbocycles. The van der Waals surface area contributed by atoms with E-state index in [0.717, 1.165) is 5.56 Å². The Labute approximate surface area is 112 Å². The van der Waals surface area contributed by atoms with E-state index in [2.05, 4.69) is 0 Å². The topological polar surface area (TPSA) is 57.6 Å². The van der Waals surface area contributed by atoms with Gasteiger partial charge in [-0.2, -0.15) is 0 Å². The van der Waals surface area contributed by atoms with E-state index in [1.807, 2.05) is 11.0 Å². The summed E-state index contributed by atoms with van der Waals surface area (Å²) in [4.78, 5) is 1.96. The molecule has 2 rings (SSSR count). The number of nitrogens with zero attached hydrogens (tertiary/aromatic N) is 1. The molecule has 1 atom stereocenters. The van der Waals surface area contributed by atoms with Gasteiger partial charge in [-0.05, 0) is 17.7 Å². The molecule has 0 radical (unpaired) electrons. The molecule has 0 spiro atoms. The highest BCUT2D eigenvalue weighted by atomic mass is 35.5. The molecule has 1 fully saturated rings. The van der Waals surface area contributed by atoms with Gasteiger partial charge in [0.15, 0.2) is 9.84 Å². The first-order valence-electron chi connectivity index (χ1n) is 5.82. The zero-order chi connectivity index (χ0) is 13.2. The van der Waals surface area contributed by atoms with Gasteiger partial charge >= 0.3 is 0 Å². The van der Waals surface area contributed by atoms with Crippen molar-refractivity contribution in [3.8, 4) is 0 Å². The van der Waals surface area contributed by atoms with Crippen LogP contribution in [0.4, 0.5) is 0 Å². The molecule has 0 aromatic heterocycles. The van der Waals surface area contributed by atoms with E-state index in [-0.39, 0.29) is 11.5 Å². The van der Waals surface area contributed by atoms with Crippen molar-refractivity contribution in [2.24, 2.45) is 0 Å². The van der Waals surface area contributed by atoms with Crippen molar-refractivity contribution in [2.75, 3.05) is 31.1 Å². The van der Waals surface area contributed by atoms with Gasteiger partial charge in [0, 0.05) is 24.7 Å². The minimum Gasteiger partial charge on any atom is -0.387 e. The lowest BCUT2D eigenvalue weighted by Gasteiger charge is -2.28. The zero-order valence-corrected chi connectivity index (χ0v) is 11.5. The fraction of sp³-hybridized carbons (Fsp3) is 0.500. The Morgan fingerprint density at radius 3 is 2.61 bits per heavy atom. The lowest BCUT2D eigenvalue weighted by Crippen LogP contribution is -2.42. The van der Waals surface area contributed by atoms with Crippen LogP contribution < -0.4 is 0 Å². The van der Waals surface area contributed by atoms with Crippen LogP contribution in [0.3, 0.4) is 0 Å². The third-order valence-corrected chi connectivity index (χ3v) is 4.95. The number of hydrogen-bond donors (Lipinski definition) is 1. The Balaban J connectivity index is 1.94. The maximum absolute atomic E-state index is 11.3. The van der Waals surface area contributed by atoms with Gasteiger partial charge in [0.25, 0.3) is 0 Å². The lowest BCUT2D eigenvalue weighted by molar-refractivity contribution is 0.118. The minimum absolute atomic E-state index is 0.176.